The van der Waals surface area contributed by atoms with Crippen molar-refractivity contribution in [2.75, 3.05) is 26.8 Å². The largest absolute Gasteiger partial charge is 0.497 e. The minimum Gasteiger partial charge on any atom is -0.497 e. The molecule has 1 aliphatic heterocycles. The van der Waals surface area contributed by atoms with Gasteiger partial charge in [-0.25, -0.2) is 0 Å². The summed E-state index contributed by atoms with van der Waals surface area (Å²) in [6.07, 6.45) is -0.102. The maximum atomic E-state index is 9.32. The summed E-state index contributed by atoms with van der Waals surface area (Å²) in [6.45, 7) is 6.66. The smallest absolute Gasteiger partial charge is 0.119 e. The van der Waals surface area contributed by atoms with Gasteiger partial charge in [-0.3, -0.25) is 4.90 Å². The van der Waals surface area contributed by atoms with Crippen LogP contribution >= 0.6 is 0 Å². The highest BCUT2D eigenvalue weighted by atomic mass is 16.5. The third kappa shape index (κ3) is 3.93. The zero-order chi connectivity index (χ0) is 13.9. The molecule has 4 heteroatoms. The molecule has 1 fully saturated rings. The number of hydrogen-bond acceptors (Lipinski definition) is 4. The number of benzene rings is 1. The van der Waals surface area contributed by atoms with Crippen LogP contribution in [0.5, 0.6) is 5.75 Å². The molecule has 19 heavy (non-hydrogen) atoms. The quantitative estimate of drug-likeness (QED) is 0.899. The van der Waals surface area contributed by atoms with Gasteiger partial charge in [0.2, 0.25) is 0 Å². The minimum atomic E-state index is -0.218. The third-order valence-corrected chi connectivity index (χ3v) is 3.30. The molecule has 1 atom stereocenters. The van der Waals surface area contributed by atoms with Gasteiger partial charge in [-0.2, -0.15) is 0 Å². The average molecular weight is 265 g/mol. The van der Waals surface area contributed by atoms with Crippen LogP contribution < -0.4 is 4.74 Å². The summed E-state index contributed by atoms with van der Waals surface area (Å²) in [5, 5.41) is 9.32. The van der Waals surface area contributed by atoms with Crippen LogP contribution in [0, 0.1) is 0 Å². The van der Waals surface area contributed by atoms with E-state index in [9.17, 15) is 5.11 Å². The van der Waals surface area contributed by atoms with Crippen molar-refractivity contribution in [3.8, 4) is 5.75 Å². The van der Waals surface area contributed by atoms with Gasteiger partial charge in [0.15, 0.2) is 0 Å². The van der Waals surface area contributed by atoms with Gasteiger partial charge < -0.3 is 14.6 Å². The molecule has 0 bridgehead atoms. The van der Waals surface area contributed by atoms with E-state index in [1.54, 1.807) is 7.11 Å². The third-order valence-electron chi connectivity index (χ3n) is 3.30. The normalized spacial score (nSPS) is 23.3. The second kappa shape index (κ2) is 5.90. The van der Waals surface area contributed by atoms with E-state index >= 15 is 0 Å². The van der Waals surface area contributed by atoms with Crippen LogP contribution in [0.25, 0.3) is 0 Å². The van der Waals surface area contributed by atoms with Crippen molar-refractivity contribution < 1.29 is 14.6 Å². The first kappa shape index (κ1) is 14.3. The highest BCUT2D eigenvalue weighted by Crippen LogP contribution is 2.23. The van der Waals surface area contributed by atoms with Gasteiger partial charge in [-0.05, 0) is 31.5 Å². The number of ether oxygens (including phenoxy) is 2. The summed E-state index contributed by atoms with van der Waals surface area (Å²) in [7, 11) is 1.68. The van der Waals surface area contributed by atoms with Gasteiger partial charge in [-0.15, -0.1) is 0 Å². The van der Waals surface area contributed by atoms with Crippen molar-refractivity contribution in [1.29, 1.82) is 0 Å². The first-order valence-electron chi connectivity index (χ1n) is 6.66. The molecule has 106 valence electrons. The van der Waals surface area contributed by atoms with Crippen LogP contribution in [0.15, 0.2) is 24.3 Å². The first-order chi connectivity index (χ1) is 9.02. The van der Waals surface area contributed by atoms with E-state index in [-0.39, 0.29) is 18.3 Å². The summed E-state index contributed by atoms with van der Waals surface area (Å²) in [5.41, 5.74) is 0.999. The number of methoxy groups -OCH3 is 1. The van der Waals surface area contributed by atoms with E-state index in [1.165, 1.54) is 5.56 Å². The summed E-state index contributed by atoms with van der Waals surface area (Å²) >= 11 is 0. The fourth-order valence-electron chi connectivity index (χ4n) is 2.66. The second-order valence-electron chi connectivity index (χ2n) is 5.70. The lowest BCUT2D eigenvalue weighted by molar-refractivity contribution is -0.150. The van der Waals surface area contributed by atoms with Gasteiger partial charge >= 0.3 is 0 Å². The molecule has 0 aromatic heterocycles. The maximum Gasteiger partial charge on any atom is 0.119 e. The van der Waals surface area contributed by atoms with Crippen LogP contribution in [0.4, 0.5) is 0 Å². The van der Waals surface area contributed by atoms with Gasteiger partial charge in [0.25, 0.3) is 0 Å². The molecular weight excluding hydrogens is 242 g/mol. The molecule has 1 aromatic rings. The lowest BCUT2D eigenvalue weighted by atomic mass is 10.0. The molecule has 0 aliphatic carbocycles. The van der Waals surface area contributed by atoms with Crippen LogP contribution in [0.3, 0.4) is 0 Å². The molecule has 1 heterocycles. The Morgan fingerprint density at radius 3 is 2.95 bits per heavy atom. The predicted octanol–water partition coefficient (Wildman–Crippen LogP) is 1.67. The van der Waals surface area contributed by atoms with Crippen molar-refractivity contribution in [1.82, 2.24) is 4.90 Å². The summed E-state index contributed by atoms with van der Waals surface area (Å²) in [6, 6.07) is 8.10. The monoisotopic (exact) mass is 265 g/mol. The SMILES string of the molecule is COc1cccc(CN2CC(CO)OC(C)(C)C2)c1. The second-order valence-corrected chi connectivity index (χ2v) is 5.70. The molecule has 1 aromatic carbocycles. The van der Waals surface area contributed by atoms with Crippen molar-refractivity contribution in [2.45, 2.75) is 32.1 Å². The lowest BCUT2D eigenvalue weighted by Gasteiger charge is -2.42. The molecule has 4 nitrogen and oxygen atoms in total. The zero-order valence-corrected chi connectivity index (χ0v) is 11.9. The van der Waals surface area contributed by atoms with E-state index in [0.29, 0.717) is 0 Å². The molecule has 0 radical (unpaired) electrons. The van der Waals surface area contributed by atoms with Crippen molar-refractivity contribution in [2.24, 2.45) is 0 Å². The molecule has 1 saturated heterocycles. The van der Waals surface area contributed by atoms with E-state index < -0.39 is 0 Å². The van der Waals surface area contributed by atoms with Crippen LogP contribution in [-0.4, -0.2) is 48.5 Å². The molecule has 2 rings (SSSR count). The summed E-state index contributed by atoms with van der Waals surface area (Å²) in [4.78, 5) is 2.32. The summed E-state index contributed by atoms with van der Waals surface area (Å²) < 4.78 is 11.1. The summed E-state index contributed by atoms with van der Waals surface area (Å²) in [5.74, 6) is 0.878. The van der Waals surface area contributed by atoms with E-state index in [0.717, 1.165) is 25.4 Å². The zero-order valence-electron chi connectivity index (χ0n) is 11.9. The first-order valence-corrected chi connectivity index (χ1v) is 6.66. The van der Waals surface area contributed by atoms with Crippen molar-refractivity contribution in [3.63, 3.8) is 0 Å². The Labute approximate surface area is 114 Å². The van der Waals surface area contributed by atoms with Crippen LogP contribution in [0.2, 0.25) is 0 Å². The Kier molecular flexibility index (Phi) is 4.45. The number of hydrogen-bond donors (Lipinski definition) is 1. The van der Waals surface area contributed by atoms with Gasteiger partial charge in [0, 0.05) is 19.6 Å². The highest BCUT2D eigenvalue weighted by Gasteiger charge is 2.32. The molecule has 0 saturated carbocycles. The average Bonchev–Trinajstić information content (AvgIpc) is 2.37. The standard InChI is InChI=1S/C15H23NO3/c1-15(2)11-16(9-14(10-17)19-15)8-12-5-4-6-13(7-12)18-3/h4-7,14,17H,8-11H2,1-3H3. The van der Waals surface area contributed by atoms with Crippen LogP contribution in [-0.2, 0) is 11.3 Å². The maximum absolute atomic E-state index is 9.32. The van der Waals surface area contributed by atoms with Crippen molar-refractivity contribution in [3.05, 3.63) is 29.8 Å². The molecule has 1 aliphatic rings. The Balaban J connectivity index is 2.04. The molecule has 1 N–H and O–H groups in total. The number of morpholine rings is 1. The predicted molar refractivity (Wildman–Crippen MR) is 74.3 cm³/mol. The van der Waals surface area contributed by atoms with Crippen LogP contribution in [0.1, 0.15) is 19.4 Å². The van der Waals surface area contributed by atoms with Gasteiger partial charge in [0.05, 0.1) is 25.4 Å². The molecule has 1 unspecified atom stereocenters. The Hall–Kier alpha value is -1.10. The molecule has 0 spiro atoms. The number of rotatable bonds is 4. The van der Waals surface area contributed by atoms with E-state index in [4.69, 9.17) is 9.47 Å². The topological polar surface area (TPSA) is 41.9 Å². The minimum absolute atomic E-state index is 0.0675. The number of aliphatic hydroxyl groups is 1. The van der Waals surface area contributed by atoms with E-state index in [1.807, 2.05) is 12.1 Å². The van der Waals surface area contributed by atoms with Gasteiger partial charge in [-0.1, -0.05) is 12.1 Å². The van der Waals surface area contributed by atoms with Gasteiger partial charge in [0.1, 0.15) is 5.75 Å². The fraction of sp³-hybridized carbons (Fsp3) is 0.600. The Morgan fingerprint density at radius 2 is 2.26 bits per heavy atom. The highest BCUT2D eigenvalue weighted by molar-refractivity contribution is 5.28. The fourth-order valence-corrected chi connectivity index (χ4v) is 2.66. The number of nitrogens with zero attached hydrogens (tertiary/aromatic N) is 1. The molecular formula is C15H23NO3. The Morgan fingerprint density at radius 1 is 1.47 bits per heavy atom. The Bertz CT molecular complexity index is 420. The van der Waals surface area contributed by atoms with E-state index in [2.05, 4.69) is 30.9 Å². The number of aliphatic hydroxyl groups excluding tert-OH is 1. The van der Waals surface area contributed by atoms with Crippen molar-refractivity contribution >= 4 is 0 Å². The molecule has 0 amide bonds. The lowest BCUT2D eigenvalue weighted by Crippen LogP contribution is -2.53.